The lowest BCUT2D eigenvalue weighted by molar-refractivity contribution is -0.870. The second-order valence-corrected chi connectivity index (χ2v) is 16.0. The van der Waals surface area contributed by atoms with Gasteiger partial charge in [-0.3, -0.25) is 14.2 Å². The van der Waals surface area contributed by atoms with Crippen LogP contribution < -0.4 is 4.89 Å². The highest BCUT2D eigenvalue weighted by atomic mass is 31.2. The van der Waals surface area contributed by atoms with E-state index in [2.05, 4.69) is 50.3 Å². The van der Waals surface area contributed by atoms with E-state index >= 15 is 0 Å². The predicted octanol–water partition coefficient (Wildman–Crippen LogP) is 10.3. The Morgan fingerprint density at radius 3 is 1.67 bits per heavy atom. The zero-order valence-corrected chi connectivity index (χ0v) is 34.2. The molecule has 0 radical (unpaired) electrons. The molecule has 51 heavy (non-hydrogen) atoms. The molecule has 0 aromatic carbocycles. The number of phosphoric ester groups is 1. The average molecular weight is 742 g/mol. The van der Waals surface area contributed by atoms with Crippen LogP contribution in [0.3, 0.4) is 0 Å². The summed E-state index contributed by atoms with van der Waals surface area (Å²) in [6, 6.07) is 0. The first-order valence-electron chi connectivity index (χ1n) is 20.2. The third-order valence-electron chi connectivity index (χ3n) is 8.42. The van der Waals surface area contributed by atoms with E-state index in [9.17, 15) is 19.0 Å². The molecule has 0 N–H and O–H groups in total. The summed E-state index contributed by atoms with van der Waals surface area (Å²) < 4.78 is 33.8. The summed E-state index contributed by atoms with van der Waals surface area (Å²) in [7, 11) is 1.15. The maximum absolute atomic E-state index is 12.6. The van der Waals surface area contributed by atoms with Crippen LogP contribution in [0.2, 0.25) is 0 Å². The Morgan fingerprint density at radius 1 is 0.627 bits per heavy atom. The fraction of sp³-hybridized carbons (Fsp3) is 0.805. The summed E-state index contributed by atoms with van der Waals surface area (Å²) in [6.07, 6.45) is 35.9. The van der Waals surface area contributed by atoms with Crippen LogP contribution >= 0.6 is 7.82 Å². The molecule has 0 aromatic heterocycles. The van der Waals surface area contributed by atoms with Gasteiger partial charge in [0.15, 0.2) is 6.10 Å². The van der Waals surface area contributed by atoms with E-state index in [4.69, 9.17) is 18.5 Å². The minimum atomic E-state index is -4.62. The highest BCUT2D eigenvalue weighted by Gasteiger charge is 2.21. The van der Waals surface area contributed by atoms with Crippen molar-refractivity contribution >= 4 is 19.8 Å². The number of nitrogens with zero attached hydrogens (tertiary/aromatic N) is 1. The summed E-state index contributed by atoms with van der Waals surface area (Å²) >= 11 is 0. The number of phosphoric acid groups is 1. The molecular formula is C41H76NO8P. The quantitative estimate of drug-likeness (QED) is 0.0205. The molecule has 0 aliphatic rings. The molecule has 0 bridgehead atoms. The summed E-state index contributed by atoms with van der Waals surface area (Å²) in [5.41, 5.74) is 0. The monoisotopic (exact) mass is 742 g/mol. The number of esters is 2. The zero-order chi connectivity index (χ0) is 37.9. The van der Waals surface area contributed by atoms with Crippen molar-refractivity contribution in [3.05, 3.63) is 36.5 Å². The number of hydrogen-bond acceptors (Lipinski definition) is 8. The van der Waals surface area contributed by atoms with Crippen LogP contribution in [0.25, 0.3) is 0 Å². The Labute approximate surface area is 312 Å². The summed E-state index contributed by atoms with van der Waals surface area (Å²) in [6.45, 7) is 4.08. The number of quaternary nitrogens is 1. The molecule has 2 atom stereocenters. The molecule has 9 nitrogen and oxygen atoms in total. The molecule has 0 spiro atoms. The summed E-state index contributed by atoms with van der Waals surface area (Å²) in [5.74, 6) is -0.854. The lowest BCUT2D eigenvalue weighted by atomic mass is 10.0. The van der Waals surface area contributed by atoms with Crippen molar-refractivity contribution in [3.63, 3.8) is 0 Å². The van der Waals surface area contributed by atoms with Gasteiger partial charge in [0, 0.05) is 12.8 Å². The van der Waals surface area contributed by atoms with Crippen LogP contribution in [-0.4, -0.2) is 70.0 Å². The van der Waals surface area contributed by atoms with Crippen LogP contribution in [0.15, 0.2) is 36.5 Å². The normalized spacial score (nSPS) is 14.1. The summed E-state index contributed by atoms with van der Waals surface area (Å²) in [4.78, 5) is 37.4. The van der Waals surface area contributed by atoms with Crippen molar-refractivity contribution in [2.24, 2.45) is 0 Å². The van der Waals surface area contributed by atoms with Crippen molar-refractivity contribution in [1.82, 2.24) is 0 Å². The van der Waals surface area contributed by atoms with Crippen LogP contribution in [0.5, 0.6) is 0 Å². The fourth-order valence-electron chi connectivity index (χ4n) is 5.26. The molecule has 0 aliphatic carbocycles. The van der Waals surface area contributed by atoms with Gasteiger partial charge in [-0.05, 0) is 44.9 Å². The second kappa shape index (κ2) is 34.0. The first-order chi connectivity index (χ1) is 24.5. The lowest BCUT2D eigenvalue weighted by Crippen LogP contribution is -2.37. The topological polar surface area (TPSA) is 111 Å². The number of ether oxygens (including phenoxy) is 2. The van der Waals surface area contributed by atoms with Crippen molar-refractivity contribution in [3.8, 4) is 0 Å². The number of allylic oxidation sites excluding steroid dienone is 6. The molecule has 0 aromatic rings. The lowest BCUT2D eigenvalue weighted by Gasteiger charge is -2.28. The minimum absolute atomic E-state index is 0.0333. The Balaban J connectivity index is 4.42. The van der Waals surface area contributed by atoms with E-state index in [1.54, 1.807) is 0 Å². The molecule has 1 unspecified atom stereocenters. The molecule has 0 saturated heterocycles. The highest BCUT2D eigenvalue weighted by Crippen LogP contribution is 2.38. The number of unbranched alkanes of at least 4 members (excludes halogenated alkanes) is 16. The van der Waals surface area contributed by atoms with E-state index in [-0.39, 0.29) is 26.1 Å². The number of carbonyl (C=O) groups excluding carboxylic acids is 2. The van der Waals surface area contributed by atoms with E-state index in [1.165, 1.54) is 51.4 Å². The average Bonchev–Trinajstić information content (AvgIpc) is 3.07. The number of carbonyl (C=O) groups is 2. The largest absolute Gasteiger partial charge is 0.756 e. The van der Waals surface area contributed by atoms with Gasteiger partial charge in [0.2, 0.25) is 0 Å². The molecule has 0 saturated carbocycles. The highest BCUT2D eigenvalue weighted by molar-refractivity contribution is 7.45. The number of hydrogen-bond donors (Lipinski definition) is 0. The number of rotatable bonds is 36. The first kappa shape index (κ1) is 49.2. The van der Waals surface area contributed by atoms with Gasteiger partial charge in [0.05, 0.1) is 27.7 Å². The van der Waals surface area contributed by atoms with Gasteiger partial charge in [0.25, 0.3) is 7.82 Å². The molecular weight excluding hydrogens is 665 g/mol. The van der Waals surface area contributed by atoms with Gasteiger partial charge >= 0.3 is 11.9 Å². The Bertz CT molecular complexity index is 975. The molecule has 0 fully saturated rings. The standard InChI is InChI=1S/C41H76NO8P/c1-6-8-10-12-14-16-18-20-21-22-24-25-27-29-31-33-40(43)47-37-39(38-49-51(45,46)48-36-35-42(3,4)5)50-41(44)34-32-30-28-26-23-19-17-15-13-11-9-7-2/h8,10,14,16,20-21,39H,6-7,9,11-13,15,17-19,22-38H2,1-5H3/b10-8+,16-14+,21-20+/t39-/m1/s1. The van der Waals surface area contributed by atoms with Gasteiger partial charge in [0.1, 0.15) is 19.8 Å². The molecule has 0 heterocycles. The predicted molar refractivity (Wildman–Crippen MR) is 208 cm³/mol. The zero-order valence-electron chi connectivity index (χ0n) is 33.3. The Hall–Kier alpha value is -1.77. The van der Waals surface area contributed by atoms with Crippen LogP contribution in [0, 0.1) is 0 Å². The van der Waals surface area contributed by atoms with Crippen molar-refractivity contribution in [2.45, 2.75) is 168 Å². The van der Waals surface area contributed by atoms with E-state index in [1.807, 2.05) is 21.1 Å². The van der Waals surface area contributed by atoms with E-state index in [0.717, 1.165) is 70.6 Å². The van der Waals surface area contributed by atoms with Gasteiger partial charge in [-0.15, -0.1) is 0 Å². The van der Waals surface area contributed by atoms with E-state index < -0.39 is 32.5 Å². The third kappa shape index (κ3) is 37.8. The van der Waals surface area contributed by atoms with Gasteiger partial charge in [-0.1, -0.05) is 140 Å². The third-order valence-corrected chi connectivity index (χ3v) is 9.39. The summed E-state index contributed by atoms with van der Waals surface area (Å²) in [5, 5.41) is 0. The van der Waals surface area contributed by atoms with E-state index in [0.29, 0.717) is 23.9 Å². The Morgan fingerprint density at radius 2 is 1.12 bits per heavy atom. The van der Waals surface area contributed by atoms with Crippen LogP contribution in [-0.2, 0) is 32.7 Å². The molecule has 0 amide bonds. The molecule has 10 heteroatoms. The van der Waals surface area contributed by atoms with Crippen LogP contribution in [0.4, 0.5) is 0 Å². The van der Waals surface area contributed by atoms with Crippen molar-refractivity contribution in [2.75, 3.05) is 47.5 Å². The maximum atomic E-state index is 12.6. The maximum Gasteiger partial charge on any atom is 0.306 e. The smallest absolute Gasteiger partial charge is 0.306 e. The van der Waals surface area contributed by atoms with Crippen molar-refractivity contribution in [1.29, 1.82) is 0 Å². The number of likely N-dealkylation sites (N-methyl/N-ethyl adjacent to an activating group) is 1. The molecule has 0 aliphatic heterocycles. The SMILES string of the molecule is CC/C=C/C/C=C/C/C=C/CCCCCCCC(=O)OC[C@H](COP(=O)([O-])OCC[N+](C)(C)C)OC(=O)CCCCCCCCCCCCCC. The molecule has 298 valence electrons. The second-order valence-electron chi connectivity index (χ2n) is 14.6. The van der Waals surface area contributed by atoms with Gasteiger partial charge in [-0.25, -0.2) is 0 Å². The Kier molecular flexibility index (Phi) is 32.8. The minimum Gasteiger partial charge on any atom is -0.756 e. The first-order valence-corrected chi connectivity index (χ1v) is 21.7. The van der Waals surface area contributed by atoms with Crippen LogP contribution in [0.1, 0.15) is 162 Å². The van der Waals surface area contributed by atoms with Gasteiger partial charge < -0.3 is 27.9 Å². The fourth-order valence-corrected chi connectivity index (χ4v) is 5.98. The van der Waals surface area contributed by atoms with Crippen molar-refractivity contribution < 1.29 is 42.1 Å². The van der Waals surface area contributed by atoms with Gasteiger partial charge in [-0.2, -0.15) is 0 Å². The molecule has 0 rings (SSSR count).